The van der Waals surface area contributed by atoms with E-state index >= 15 is 0 Å². The summed E-state index contributed by atoms with van der Waals surface area (Å²) in [6.07, 6.45) is 6.39. The van der Waals surface area contributed by atoms with Crippen molar-refractivity contribution >= 4 is 0 Å². The Morgan fingerprint density at radius 1 is 1.05 bits per heavy atom. The van der Waals surface area contributed by atoms with E-state index in [9.17, 15) is 0 Å². The van der Waals surface area contributed by atoms with Crippen molar-refractivity contribution in [3.05, 3.63) is 65.7 Å². The van der Waals surface area contributed by atoms with Gasteiger partial charge in [-0.1, -0.05) is 43.2 Å². The fourth-order valence-electron chi connectivity index (χ4n) is 2.02. The lowest BCUT2D eigenvalue weighted by molar-refractivity contribution is 0.285. The molecule has 0 fully saturated rings. The third-order valence-corrected chi connectivity index (χ3v) is 3.24. The molecule has 0 radical (unpaired) electrons. The molecule has 0 heterocycles. The normalized spacial score (nSPS) is 11.6. The van der Waals surface area contributed by atoms with Crippen molar-refractivity contribution in [2.24, 2.45) is 0 Å². The highest BCUT2D eigenvalue weighted by Gasteiger charge is 2.09. The molecular formula is C18H18O. The highest BCUT2D eigenvalue weighted by atomic mass is 16.5. The van der Waals surface area contributed by atoms with E-state index in [1.165, 1.54) is 5.56 Å². The van der Waals surface area contributed by atoms with Gasteiger partial charge in [0.25, 0.3) is 0 Å². The smallest absolute Gasteiger partial charge is 0.119 e. The maximum Gasteiger partial charge on any atom is 0.119 e. The topological polar surface area (TPSA) is 9.23 Å². The van der Waals surface area contributed by atoms with Crippen molar-refractivity contribution in [1.29, 1.82) is 0 Å². The molecule has 96 valence electrons. The molecule has 0 aromatic heterocycles. The van der Waals surface area contributed by atoms with Crippen LogP contribution in [0.1, 0.15) is 30.4 Å². The molecule has 0 saturated heterocycles. The van der Waals surface area contributed by atoms with Crippen LogP contribution in [0.15, 0.2) is 54.6 Å². The number of hydrogen-bond acceptors (Lipinski definition) is 1. The predicted octanol–water partition coefficient (Wildman–Crippen LogP) is 4.24. The zero-order chi connectivity index (χ0) is 13.5. The van der Waals surface area contributed by atoms with Gasteiger partial charge < -0.3 is 4.74 Å². The third kappa shape index (κ3) is 3.63. The van der Waals surface area contributed by atoms with Gasteiger partial charge in [0.2, 0.25) is 0 Å². The lowest BCUT2D eigenvalue weighted by atomic mass is 9.98. The van der Waals surface area contributed by atoms with Gasteiger partial charge in [0.15, 0.2) is 0 Å². The SMILES string of the molecule is C#Cc1ccc(OCC(CC)c2ccccc2)cc1. The average molecular weight is 250 g/mol. The summed E-state index contributed by atoms with van der Waals surface area (Å²) in [5.74, 6) is 3.89. The summed E-state index contributed by atoms with van der Waals surface area (Å²) in [5.41, 5.74) is 2.20. The van der Waals surface area contributed by atoms with Crippen LogP contribution in [-0.2, 0) is 0 Å². The third-order valence-electron chi connectivity index (χ3n) is 3.24. The molecule has 0 N–H and O–H groups in total. The lowest BCUT2D eigenvalue weighted by Gasteiger charge is -2.16. The number of ether oxygens (including phenoxy) is 1. The van der Waals surface area contributed by atoms with Gasteiger partial charge in [0.05, 0.1) is 6.61 Å². The van der Waals surface area contributed by atoms with E-state index in [4.69, 9.17) is 11.2 Å². The van der Waals surface area contributed by atoms with Gasteiger partial charge in [-0.2, -0.15) is 0 Å². The Morgan fingerprint density at radius 3 is 2.32 bits per heavy atom. The molecule has 0 bridgehead atoms. The Morgan fingerprint density at radius 2 is 1.74 bits per heavy atom. The maximum absolute atomic E-state index is 5.84. The number of rotatable bonds is 5. The van der Waals surface area contributed by atoms with Gasteiger partial charge in [-0.3, -0.25) is 0 Å². The summed E-state index contributed by atoms with van der Waals surface area (Å²) in [6.45, 7) is 2.87. The Bertz CT molecular complexity index is 534. The van der Waals surface area contributed by atoms with E-state index in [0.717, 1.165) is 17.7 Å². The van der Waals surface area contributed by atoms with Gasteiger partial charge in [0.1, 0.15) is 5.75 Å². The predicted molar refractivity (Wildman–Crippen MR) is 79.3 cm³/mol. The molecule has 1 heteroatoms. The molecule has 19 heavy (non-hydrogen) atoms. The minimum atomic E-state index is 0.425. The summed E-state index contributed by atoms with van der Waals surface area (Å²) >= 11 is 0. The Hall–Kier alpha value is -2.20. The van der Waals surface area contributed by atoms with Crippen molar-refractivity contribution < 1.29 is 4.74 Å². The Kier molecular flexibility index (Phi) is 4.64. The largest absolute Gasteiger partial charge is 0.493 e. The molecule has 1 nitrogen and oxygen atoms in total. The zero-order valence-electron chi connectivity index (χ0n) is 11.2. The first kappa shape index (κ1) is 13.2. The van der Waals surface area contributed by atoms with E-state index in [1.54, 1.807) is 0 Å². The lowest BCUT2D eigenvalue weighted by Crippen LogP contribution is -2.09. The second-order valence-electron chi connectivity index (χ2n) is 4.50. The van der Waals surface area contributed by atoms with Crippen LogP contribution in [0.3, 0.4) is 0 Å². The minimum Gasteiger partial charge on any atom is -0.493 e. The molecular weight excluding hydrogens is 232 g/mol. The molecule has 1 unspecified atom stereocenters. The van der Waals surface area contributed by atoms with Gasteiger partial charge in [0, 0.05) is 11.5 Å². The van der Waals surface area contributed by atoms with Crippen molar-refractivity contribution in [2.75, 3.05) is 6.61 Å². The van der Waals surface area contributed by atoms with E-state index in [1.807, 2.05) is 30.3 Å². The summed E-state index contributed by atoms with van der Waals surface area (Å²) in [4.78, 5) is 0. The molecule has 0 saturated carbocycles. The van der Waals surface area contributed by atoms with Crippen LogP contribution in [0, 0.1) is 12.3 Å². The van der Waals surface area contributed by atoms with Crippen LogP contribution in [0.25, 0.3) is 0 Å². The number of terminal acetylenes is 1. The fourth-order valence-corrected chi connectivity index (χ4v) is 2.02. The molecule has 0 aliphatic rings. The zero-order valence-corrected chi connectivity index (χ0v) is 11.2. The first-order valence-corrected chi connectivity index (χ1v) is 6.58. The first-order chi connectivity index (χ1) is 9.33. The highest BCUT2D eigenvalue weighted by molar-refractivity contribution is 5.36. The second-order valence-corrected chi connectivity index (χ2v) is 4.50. The molecule has 0 aliphatic carbocycles. The van der Waals surface area contributed by atoms with Gasteiger partial charge >= 0.3 is 0 Å². The van der Waals surface area contributed by atoms with Crippen molar-refractivity contribution in [1.82, 2.24) is 0 Å². The molecule has 2 aromatic carbocycles. The molecule has 0 amide bonds. The molecule has 2 rings (SSSR count). The van der Waals surface area contributed by atoms with E-state index in [0.29, 0.717) is 12.5 Å². The Balaban J connectivity index is 1.98. The van der Waals surface area contributed by atoms with Gasteiger partial charge in [-0.25, -0.2) is 0 Å². The van der Waals surface area contributed by atoms with E-state index in [2.05, 4.69) is 37.1 Å². The average Bonchev–Trinajstić information content (AvgIpc) is 2.49. The maximum atomic E-state index is 5.84. The summed E-state index contributed by atoms with van der Waals surface area (Å²) in [5, 5.41) is 0. The number of benzene rings is 2. The molecule has 1 atom stereocenters. The van der Waals surface area contributed by atoms with Crippen molar-refractivity contribution in [2.45, 2.75) is 19.3 Å². The van der Waals surface area contributed by atoms with Gasteiger partial charge in [-0.15, -0.1) is 6.42 Å². The molecule has 2 aromatic rings. The Labute approximate surface area is 115 Å². The number of hydrogen-bond donors (Lipinski definition) is 0. The monoisotopic (exact) mass is 250 g/mol. The van der Waals surface area contributed by atoms with Crippen LogP contribution in [0.2, 0.25) is 0 Å². The van der Waals surface area contributed by atoms with Gasteiger partial charge in [-0.05, 0) is 36.2 Å². The van der Waals surface area contributed by atoms with Crippen LogP contribution < -0.4 is 4.74 Å². The first-order valence-electron chi connectivity index (χ1n) is 6.58. The summed E-state index contributed by atoms with van der Waals surface area (Å²) in [7, 11) is 0. The van der Waals surface area contributed by atoms with Crippen molar-refractivity contribution in [3.8, 4) is 18.1 Å². The van der Waals surface area contributed by atoms with Crippen LogP contribution in [0.5, 0.6) is 5.75 Å². The fraction of sp³-hybridized carbons (Fsp3) is 0.222. The van der Waals surface area contributed by atoms with Crippen LogP contribution in [0.4, 0.5) is 0 Å². The summed E-state index contributed by atoms with van der Waals surface area (Å²) in [6, 6.07) is 18.1. The van der Waals surface area contributed by atoms with Crippen molar-refractivity contribution in [3.63, 3.8) is 0 Å². The van der Waals surface area contributed by atoms with Crippen LogP contribution in [-0.4, -0.2) is 6.61 Å². The molecule has 0 spiro atoms. The quantitative estimate of drug-likeness (QED) is 0.721. The molecule has 0 aliphatic heterocycles. The highest BCUT2D eigenvalue weighted by Crippen LogP contribution is 2.21. The van der Waals surface area contributed by atoms with E-state index in [-0.39, 0.29) is 0 Å². The summed E-state index contributed by atoms with van der Waals surface area (Å²) < 4.78 is 5.84. The van der Waals surface area contributed by atoms with E-state index < -0.39 is 0 Å². The minimum absolute atomic E-state index is 0.425. The second kappa shape index (κ2) is 6.66. The van der Waals surface area contributed by atoms with Crippen LogP contribution >= 0.6 is 0 Å². The standard InChI is InChI=1S/C18H18O/c1-3-15-10-12-18(13-11-15)19-14-16(4-2)17-8-6-5-7-9-17/h1,5-13,16H,4,14H2,2H3.